The maximum Gasteiger partial charge on any atom is 0.257 e. The monoisotopic (exact) mass is 235 g/mol. The number of pyridine rings is 1. The van der Waals surface area contributed by atoms with Crippen molar-refractivity contribution in [1.29, 1.82) is 0 Å². The van der Waals surface area contributed by atoms with Gasteiger partial charge >= 0.3 is 0 Å². The van der Waals surface area contributed by atoms with E-state index in [9.17, 15) is 4.79 Å². The van der Waals surface area contributed by atoms with E-state index in [1.807, 2.05) is 0 Å². The van der Waals surface area contributed by atoms with Gasteiger partial charge in [0.05, 0.1) is 18.2 Å². The van der Waals surface area contributed by atoms with E-state index in [2.05, 4.69) is 15.5 Å². The number of carbonyl (C=O) groups excluding carboxylic acids is 1. The van der Waals surface area contributed by atoms with Gasteiger partial charge in [-0.05, 0) is 29.5 Å². The van der Waals surface area contributed by atoms with Gasteiger partial charge in [0.1, 0.15) is 0 Å². The van der Waals surface area contributed by atoms with Crippen molar-refractivity contribution in [2.24, 2.45) is 0 Å². The van der Waals surface area contributed by atoms with E-state index in [1.54, 1.807) is 32.3 Å². The molecule has 2 aromatic rings. The number of likely N-dealkylation sites (N-methyl/N-ethyl adjacent to an activating group) is 1. The summed E-state index contributed by atoms with van der Waals surface area (Å²) < 4.78 is 1.44. The largest absolute Gasteiger partial charge is 0.394 e. The molecular formula is C10H13N5O2. The molecule has 7 nitrogen and oxygen atoms in total. The molecule has 2 heterocycles. The predicted octanol–water partition coefficient (Wildman–Crippen LogP) is -0.423. The summed E-state index contributed by atoms with van der Waals surface area (Å²) in [7, 11) is 1.64. The predicted molar refractivity (Wildman–Crippen MR) is 59.4 cm³/mol. The maximum absolute atomic E-state index is 12.2. The molecule has 0 saturated heterocycles. The lowest BCUT2D eigenvalue weighted by molar-refractivity contribution is 0.0683. The Hall–Kier alpha value is -2.02. The SMILES string of the molecule is C[C@H](CO)N(C)C(=O)c1cccn2nnnc12. The van der Waals surface area contributed by atoms with Crippen LogP contribution < -0.4 is 0 Å². The van der Waals surface area contributed by atoms with E-state index >= 15 is 0 Å². The molecule has 0 aromatic carbocycles. The minimum absolute atomic E-state index is 0.0870. The Bertz CT molecular complexity index is 538. The molecule has 0 radical (unpaired) electrons. The number of amides is 1. The van der Waals surface area contributed by atoms with Crippen LogP contribution in [0.15, 0.2) is 18.3 Å². The summed E-state index contributed by atoms with van der Waals surface area (Å²) in [5.74, 6) is -0.216. The summed E-state index contributed by atoms with van der Waals surface area (Å²) in [4.78, 5) is 13.6. The second-order valence-electron chi connectivity index (χ2n) is 3.82. The van der Waals surface area contributed by atoms with Gasteiger partial charge in [0.2, 0.25) is 0 Å². The maximum atomic E-state index is 12.2. The number of tetrazole rings is 1. The molecule has 1 amide bonds. The molecule has 0 aliphatic heterocycles. The highest BCUT2D eigenvalue weighted by Gasteiger charge is 2.20. The summed E-state index contributed by atoms with van der Waals surface area (Å²) in [5, 5.41) is 20.1. The van der Waals surface area contributed by atoms with E-state index in [4.69, 9.17) is 5.11 Å². The number of rotatable bonds is 3. The van der Waals surface area contributed by atoms with Crippen molar-refractivity contribution in [3.63, 3.8) is 0 Å². The van der Waals surface area contributed by atoms with Crippen LogP contribution in [-0.4, -0.2) is 55.7 Å². The number of hydrogen-bond acceptors (Lipinski definition) is 5. The third-order valence-electron chi connectivity index (χ3n) is 2.70. The molecule has 0 spiro atoms. The molecule has 1 atom stereocenters. The topological polar surface area (TPSA) is 83.6 Å². The van der Waals surface area contributed by atoms with Crippen LogP contribution in [0.5, 0.6) is 0 Å². The quantitative estimate of drug-likeness (QED) is 0.781. The van der Waals surface area contributed by atoms with Gasteiger partial charge in [0.25, 0.3) is 5.91 Å². The Morgan fingerprint density at radius 2 is 2.41 bits per heavy atom. The Balaban J connectivity index is 2.39. The van der Waals surface area contributed by atoms with Crippen molar-refractivity contribution in [1.82, 2.24) is 24.9 Å². The van der Waals surface area contributed by atoms with Gasteiger partial charge < -0.3 is 10.0 Å². The number of aliphatic hydroxyl groups is 1. The summed E-state index contributed by atoms with van der Waals surface area (Å²) in [6.07, 6.45) is 1.67. The molecular weight excluding hydrogens is 222 g/mol. The zero-order chi connectivity index (χ0) is 12.4. The fourth-order valence-corrected chi connectivity index (χ4v) is 1.45. The molecule has 2 aromatic heterocycles. The van der Waals surface area contributed by atoms with Crippen LogP contribution in [-0.2, 0) is 0 Å². The van der Waals surface area contributed by atoms with Crippen molar-refractivity contribution >= 4 is 11.6 Å². The fraction of sp³-hybridized carbons (Fsp3) is 0.400. The molecule has 0 aliphatic rings. The van der Waals surface area contributed by atoms with Gasteiger partial charge in [0, 0.05) is 13.2 Å². The zero-order valence-electron chi connectivity index (χ0n) is 9.61. The second-order valence-corrected chi connectivity index (χ2v) is 3.82. The molecule has 2 rings (SSSR count). The average molecular weight is 235 g/mol. The first-order valence-corrected chi connectivity index (χ1v) is 5.20. The van der Waals surface area contributed by atoms with Gasteiger partial charge in [-0.3, -0.25) is 4.79 Å². The van der Waals surface area contributed by atoms with Gasteiger partial charge in [-0.25, -0.2) is 0 Å². The van der Waals surface area contributed by atoms with Crippen molar-refractivity contribution in [3.8, 4) is 0 Å². The van der Waals surface area contributed by atoms with E-state index in [0.717, 1.165) is 0 Å². The lowest BCUT2D eigenvalue weighted by atomic mass is 10.2. The summed E-state index contributed by atoms with van der Waals surface area (Å²) in [6, 6.07) is 3.11. The molecule has 17 heavy (non-hydrogen) atoms. The van der Waals surface area contributed by atoms with Crippen LogP contribution in [0.1, 0.15) is 17.3 Å². The van der Waals surface area contributed by atoms with E-state index in [-0.39, 0.29) is 18.6 Å². The molecule has 1 N–H and O–H groups in total. The lowest BCUT2D eigenvalue weighted by Crippen LogP contribution is -2.37. The third kappa shape index (κ3) is 1.96. The zero-order valence-corrected chi connectivity index (χ0v) is 9.61. The molecule has 0 unspecified atom stereocenters. The van der Waals surface area contributed by atoms with Crippen LogP contribution >= 0.6 is 0 Å². The standard InChI is InChI=1S/C10H13N5O2/c1-7(6-16)14(2)10(17)8-4-3-5-15-9(8)11-12-13-15/h3-5,7,16H,6H2,1-2H3/t7-/m1/s1. The smallest absolute Gasteiger partial charge is 0.257 e. The summed E-state index contributed by atoms with van der Waals surface area (Å²) in [6.45, 7) is 1.68. The number of aliphatic hydroxyl groups excluding tert-OH is 1. The second kappa shape index (κ2) is 4.46. The Labute approximate surface area is 97.7 Å². The van der Waals surface area contributed by atoms with Crippen molar-refractivity contribution in [2.45, 2.75) is 13.0 Å². The molecule has 90 valence electrons. The Morgan fingerprint density at radius 1 is 1.65 bits per heavy atom. The van der Waals surface area contributed by atoms with Gasteiger partial charge in [0.15, 0.2) is 5.65 Å². The van der Waals surface area contributed by atoms with Crippen LogP contribution in [0, 0.1) is 0 Å². The first-order chi connectivity index (χ1) is 8.15. The lowest BCUT2D eigenvalue weighted by Gasteiger charge is -2.23. The van der Waals surface area contributed by atoms with Crippen LogP contribution in [0.3, 0.4) is 0 Å². The highest BCUT2D eigenvalue weighted by Crippen LogP contribution is 2.10. The van der Waals surface area contributed by atoms with E-state index < -0.39 is 0 Å². The van der Waals surface area contributed by atoms with Gasteiger partial charge in [-0.15, -0.1) is 5.10 Å². The molecule has 0 saturated carbocycles. The number of fused-ring (bicyclic) bond motifs is 1. The van der Waals surface area contributed by atoms with Gasteiger partial charge in [-0.1, -0.05) is 0 Å². The summed E-state index contributed by atoms with van der Waals surface area (Å²) >= 11 is 0. The molecule has 0 bridgehead atoms. The van der Waals surface area contributed by atoms with Crippen molar-refractivity contribution in [2.75, 3.05) is 13.7 Å². The first kappa shape index (κ1) is 11.5. The number of nitrogens with zero attached hydrogens (tertiary/aromatic N) is 5. The number of carbonyl (C=O) groups is 1. The van der Waals surface area contributed by atoms with Gasteiger partial charge in [-0.2, -0.15) is 4.52 Å². The normalized spacial score (nSPS) is 12.6. The number of aromatic nitrogens is 4. The Morgan fingerprint density at radius 3 is 3.12 bits per heavy atom. The van der Waals surface area contributed by atoms with Crippen molar-refractivity contribution in [3.05, 3.63) is 23.9 Å². The highest BCUT2D eigenvalue weighted by atomic mass is 16.3. The van der Waals surface area contributed by atoms with Crippen LogP contribution in [0.25, 0.3) is 5.65 Å². The minimum Gasteiger partial charge on any atom is -0.394 e. The van der Waals surface area contributed by atoms with Crippen molar-refractivity contribution < 1.29 is 9.90 Å². The Kier molecular flexibility index (Phi) is 3.01. The first-order valence-electron chi connectivity index (χ1n) is 5.20. The van der Waals surface area contributed by atoms with Crippen LogP contribution in [0.4, 0.5) is 0 Å². The van der Waals surface area contributed by atoms with E-state index in [0.29, 0.717) is 11.2 Å². The molecule has 7 heteroatoms. The third-order valence-corrected chi connectivity index (χ3v) is 2.70. The average Bonchev–Trinajstić information content (AvgIpc) is 2.83. The highest BCUT2D eigenvalue weighted by molar-refractivity contribution is 5.99. The molecule has 0 aliphatic carbocycles. The summed E-state index contributed by atoms with van der Waals surface area (Å²) in [5.41, 5.74) is 0.829. The number of hydrogen-bond donors (Lipinski definition) is 1. The van der Waals surface area contributed by atoms with E-state index in [1.165, 1.54) is 9.42 Å². The molecule has 0 fully saturated rings. The minimum atomic E-state index is -0.251. The van der Waals surface area contributed by atoms with Crippen LogP contribution in [0.2, 0.25) is 0 Å². The fourth-order valence-electron chi connectivity index (χ4n) is 1.45.